The summed E-state index contributed by atoms with van der Waals surface area (Å²) in [7, 11) is 1.54. The molecule has 108 valence electrons. The van der Waals surface area contributed by atoms with E-state index in [-0.39, 0.29) is 11.8 Å². The summed E-state index contributed by atoms with van der Waals surface area (Å²) in [5.74, 6) is -0.545. The van der Waals surface area contributed by atoms with Crippen molar-refractivity contribution in [3.63, 3.8) is 0 Å². The van der Waals surface area contributed by atoms with Crippen molar-refractivity contribution in [1.82, 2.24) is 5.32 Å². The third kappa shape index (κ3) is 3.83. The smallest absolute Gasteiger partial charge is 0.255 e. The van der Waals surface area contributed by atoms with E-state index in [4.69, 9.17) is 11.6 Å². The van der Waals surface area contributed by atoms with E-state index in [2.05, 4.69) is 26.6 Å². The van der Waals surface area contributed by atoms with Crippen molar-refractivity contribution >= 4 is 45.0 Å². The number of amides is 2. The Balaban J connectivity index is 2.26. The van der Waals surface area contributed by atoms with Crippen LogP contribution in [0.25, 0.3) is 0 Å². The molecule has 0 aliphatic rings. The van der Waals surface area contributed by atoms with Crippen LogP contribution in [-0.4, -0.2) is 18.9 Å². The summed E-state index contributed by atoms with van der Waals surface area (Å²) in [6, 6.07) is 11.7. The van der Waals surface area contributed by atoms with Crippen molar-refractivity contribution in [2.75, 3.05) is 12.4 Å². The van der Waals surface area contributed by atoms with E-state index in [1.807, 2.05) is 6.07 Å². The highest BCUT2D eigenvalue weighted by Gasteiger charge is 2.11. The first-order valence-electron chi connectivity index (χ1n) is 6.10. The van der Waals surface area contributed by atoms with Crippen LogP contribution in [0, 0.1) is 0 Å². The van der Waals surface area contributed by atoms with Crippen molar-refractivity contribution in [3.8, 4) is 0 Å². The summed E-state index contributed by atoms with van der Waals surface area (Å²) in [4.78, 5) is 23.8. The fraction of sp³-hybridized carbons (Fsp3) is 0.0667. The van der Waals surface area contributed by atoms with Crippen LogP contribution in [0.5, 0.6) is 0 Å². The molecule has 6 heteroatoms. The fourth-order valence-corrected chi connectivity index (χ4v) is 2.29. The highest BCUT2D eigenvalue weighted by atomic mass is 79.9. The van der Waals surface area contributed by atoms with Crippen LogP contribution in [-0.2, 0) is 0 Å². The predicted molar refractivity (Wildman–Crippen MR) is 86.9 cm³/mol. The summed E-state index contributed by atoms with van der Waals surface area (Å²) in [5, 5.41) is 5.59. The minimum atomic E-state index is -0.299. The van der Waals surface area contributed by atoms with Crippen molar-refractivity contribution in [1.29, 1.82) is 0 Å². The molecule has 0 aliphatic heterocycles. The molecule has 4 nitrogen and oxygen atoms in total. The largest absolute Gasteiger partial charge is 0.355 e. The minimum absolute atomic E-state index is 0.246. The van der Waals surface area contributed by atoms with Crippen molar-refractivity contribution < 1.29 is 9.59 Å². The molecule has 0 bridgehead atoms. The molecular weight excluding hydrogens is 356 g/mol. The van der Waals surface area contributed by atoms with Gasteiger partial charge < -0.3 is 10.6 Å². The van der Waals surface area contributed by atoms with Crippen molar-refractivity contribution in [2.45, 2.75) is 0 Å². The van der Waals surface area contributed by atoms with Gasteiger partial charge in [0.1, 0.15) is 0 Å². The highest BCUT2D eigenvalue weighted by Crippen LogP contribution is 2.24. The molecular formula is C15H12BrClN2O2. The Morgan fingerprint density at radius 3 is 2.43 bits per heavy atom. The molecule has 0 spiro atoms. The Kier molecular flexibility index (Phi) is 4.98. The molecule has 21 heavy (non-hydrogen) atoms. The first kappa shape index (κ1) is 15.5. The van der Waals surface area contributed by atoms with Crippen LogP contribution in [0.15, 0.2) is 46.9 Å². The van der Waals surface area contributed by atoms with Gasteiger partial charge in [-0.15, -0.1) is 0 Å². The van der Waals surface area contributed by atoms with E-state index in [0.717, 1.165) is 4.47 Å². The molecule has 2 aromatic rings. The van der Waals surface area contributed by atoms with Crippen LogP contribution in [0.1, 0.15) is 20.7 Å². The lowest BCUT2D eigenvalue weighted by Gasteiger charge is -2.09. The van der Waals surface area contributed by atoms with Gasteiger partial charge in [-0.05, 0) is 36.4 Å². The van der Waals surface area contributed by atoms with Gasteiger partial charge in [0.05, 0.1) is 10.7 Å². The van der Waals surface area contributed by atoms with Gasteiger partial charge in [-0.2, -0.15) is 0 Å². The summed E-state index contributed by atoms with van der Waals surface area (Å²) < 4.78 is 0.806. The Morgan fingerprint density at radius 2 is 1.76 bits per heavy atom. The molecule has 0 radical (unpaired) electrons. The van der Waals surface area contributed by atoms with E-state index in [9.17, 15) is 9.59 Å². The summed E-state index contributed by atoms with van der Waals surface area (Å²) in [5.41, 5.74) is 1.31. The number of carbonyl (C=O) groups is 2. The van der Waals surface area contributed by atoms with Gasteiger partial charge >= 0.3 is 0 Å². The predicted octanol–water partition coefficient (Wildman–Crippen LogP) is 3.71. The zero-order valence-electron chi connectivity index (χ0n) is 11.1. The third-order valence-corrected chi connectivity index (χ3v) is 3.61. The number of anilines is 1. The molecule has 0 saturated carbocycles. The lowest BCUT2D eigenvalue weighted by atomic mass is 10.1. The van der Waals surface area contributed by atoms with Gasteiger partial charge in [0.2, 0.25) is 0 Å². The molecule has 0 fully saturated rings. The van der Waals surface area contributed by atoms with E-state index in [1.165, 1.54) is 13.1 Å². The lowest BCUT2D eigenvalue weighted by Crippen LogP contribution is -2.18. The molecule has 2 N–H and O–H groups in total. The number of nitrogens with one attached hydrogen (secondary N) is 2. The van der Waals surface area contributed by atoms with E-state index in [1.54, 1.807) is 30.3 Å². The number of hydrogen-bond donors (Lipinski definition) is 2. The Labute approximate surface area is 135 Å². The maximum absolute atomic E-state index is 12.2. The van der Waals surface area contributed by atoms with Gasteiger partial charge in [0, 0.05) is 22.6 Å². The standard InChI is InChI=1S/C15H12BrClN2O2/c1-18-14(20)10-5-6-12(17)13(8-10)19-15(21)9-3-2-4-11(16)7-9/h2-8H,1H3,(H,18,20)(H,19,21). The SMILES string of the molecule is CNC(=O)c1ccc(Cl)c(NC(=O)c2cccc(Br)c2)c1. The third-order valence-electron chi connectivity index (χ3n) is 2.79. The van der Waals surface area contributed by atoms with Gasteiger partial charge in [-0.1, -0.05) is 33.6 Å². The zero-order chi connectivity index (χ0) is 15.4. The minimum Gasteiger partial charge on any atom is -0.355 e. The number of halogens is 2. The normalized spacial score (nSPS) is 10.0. The Bertz CT molecular complexity index is 704. The highest BCUT2D eigenvalue weighted by molar-refractivity contribution is 9.10. The van der Waals surface area contributed by atoms with Gasteiger partial charge in [0.25, 0.3) is 11.8 Å². The van der Waals surface area contributed by atoms with Crippen LogP contribution in [0.2, 0.25) is 5.02 Å². The second kappa shape index (κ2) is 6.74. The van der Waals surface area contributed by atoms with Gasteiger partial charge in [-0.25, -0.2) is 0 Å². The molecule has 2 rings (SSSR count). The molecule has 0 atom stereocenters. The topological polar surface area (TPSA) is 58.2 Å². The molecule has 0 unspecified atom stereocenters. The fourth-order valence-electron chi connectivity index (χ4n) is 1.73. The zero-order valence-corrected chi connectivity index (χ0v) is 13.5. The quantitative estimate of drug-likeness (QED) is 0.869. The molecule has 0 heterocycles. The van der Waals surface area contributed by atoms with Gasteiger partial charge in [0.15, 0.2) is 0 Å². The number of benzene rings is 2. The maximum Gasteiger partial charge on any atom is 0.255 e. The van der Waals surface area contributed by atoms with E-state index in [0.29, 0.717) is 21.8 Å². The number of hydrogen-bond acceptors (Lipinski definition) is 2. The van der Waals surface area contributed by atoms with Crippen LogP contribution < -0.4 is 10.6 Å². The lowest BCUT2D eigenvalue weighted by molar-refractivity contribution is 0.0961. The molecule has 0 aliphatic carbocycles. The van der Waals surface area contributed by atoms with Crippen LogP contribution >= 0.6 is 27.5 Å². The number of carbonyl (C=O) groups excluding carboxylic acids is 2. The van der Waals surface area contributed by atoms with E-state index < -0.39 is 0 Å². The second-order valence-corrected chi connectivity index (χ2v) is 5.56. The van der Waals surface area contributed by atoms with Crippen molar-refractivity contribution in [3.05, 3.63) is 63.1 Å². The van der Waals surface area contributed by atoms with Crippen LogP contribution in [0.3, 0.4) is 0 Å². The Morgan fingerprint density at radius 1 is 1.05 bits per heavy atom. The van der Waals surface area contributed by atoms with Gasteiger partial charge in [-0.3, -0.25) is 9.59 Å². The second-order valence-electron chi connectivity index (χ2n) is 4.24. The average molecular weight is 368 g/mol. The Hall–Kier alpha value is -1.85. The summed E-state index contributed by atoms with van der Waals surface area (Å²) in [6.07, 6.45) is 0. The summed E-state index contributed by atoms with van der Waals surface area (Å²) >= 11 is 9.36. The summed E-state index contributed by atoms with van der Waals surface area (Å²) in [6.45, 7) is 0. The average Bonchev–Trinajstić information content (AvgIpc) is 2.48. The first-order valence-corrected chi connectivity index (χ1v) is 7.27. The molecule has 2 amide bonds. The maximum atomic E-state index is 12.2. The monoisotopic (exact) mass is 366 g/mol. The van der Waals surface area contributed by atoms with Crippen LogP contribution in [0.4, 0.5) is 5.69 Å². The number of rotatable bonds is 3. The van der Waals surface area contributed by atoms with E-state index >= 15 is 0 Å². The van der Waals surface area contributed by atoms with Crippen molar-refractivity contribution in [2.24, 2.45) is 0 Å². The molecule has 2 aromatic carbocycles. The molecule has 0 saturated heterocycles. The first-order chi connectivity index (χ1) is 10.0. The molecule has 0 aromatic heterocycles.